The van der Waals surface area contributed by atoms with Gasteiger partial charge in [0.25, 0.3) is 0 Å². The van der Waals surface area contributed by atoms with E-state index in [1.807, 2.05) is 30.3 Å². The van der Waals surface area contributed by atoms with Crippen molar-refractivity contribution in [3.8, 4) is 17.2 Å². The molecule has 0 aliphatic heterocycles. The maximum absolute atomic E-state index is 13.2. The smallest absolute Gasteiger partial charge is 0.247 e. The van der Waals surface area contributed by atoms with Crippen LogP contribution < -0.4 is 19.5 Å². The van der Waals surface area contributed by atoms with Gasteiger partial charge in [-0.1, -0.05) is 19.1 Å². The van der Waals surface area contributed by atoms with Crippen LogP contribution in [-0.4, -0.2) is 79.1 Å². The van der Waals surface area contributed by atoms with Crippen LogP contribution in [0.4, 0.5) is 0 Å². The average molecular weight is 638 g/mol. The van der Waals surface area contributed by atoms with Crippen molar-refractivity contribution < 1.29 is 34.0 Å². The number of ether oxygens (including phenoxy) is 3. The minimum atomic E-state index is -1.08. The SMILES string of the molecule is CCC(=O)N(CCc1cc(OC)ccc1OC)C1CC(C(=O)NCCO)=CC(Oc2ccccc2I)C1O. The summed E-state index contributed by atoms with van der Waals surface area (Å²) in [5.41, 5.74) is 1.24. The standard InChI is InChI=1S/C28H35IN2O7/c1-4-26(33)31(13-11-18-15-20(36-2)9-10-23(18)37-3)22-16-19(28(35)30-12-14-32)17-25(27(22)34)38-24-8-6-5-7-21(24)29/h5-10,15,17,22,25,27,32,34H,4,11-14,16H2,1-3H3,(H,30,35). The Balaban J connectivity index is 1.93. The normalized spacial score (nSPS) is 18.8. The van der Waals surface area contributed by atoms with Crippen LogP contribution >= 0.6 is 22.6 Å². The number of nitrogens with one attached hydrogen (secondary N) is 1. The Morgan fingerprint density at radius 1 is 1.13 bits per heavy atom. The first kappa shape index (κ1) is 29.7. The molecule has 0 saturated heterocycles. The Morgan fingerprint density at radius 2 is 1.89 bits per heavy atom. The van der Waals surface area contributed by atoms with Crippen LogP contribution in [0.25, 0.3) is 0 Å². The highest BCUT2D eigenvalue weighted by molar-refractivity contribution is 14.1. The van der Waals surface area contributed by atoms with Crippen molar-refractivity contribution in [1.29, 1.82) is 0 Å². The third-order valence-corrected chi connectivity index (χ3v) is 7.34. The molecule has 1 aliphatic rings. The van der Waals surface area contributed by atoms with Crippen LogP contribution in [-0.2, 0) is 16.0 Å². The molecule has 2 aromatic carbocycles. The van der Waals surface area contributed by atoms with E-state index in [0.29, 0.717) is 35.8 Å². The highest BCUT2D eigenvalue weighted by Gasteiger charge is 2.40. The Morgan fingerprint density at radius 3 is 2.55 bits per heavy atom. The fraction of sp³-hybridized carbons (Fsp3) is 0.429. The number of aliphatic hydroxyl groups is 2. The first-order valence-electron chi connectivity index (χ1n) is 12.5. The number of hydrogen-bond donors (Lipinski definition) is 3. The quantitative estimate of drug-likeness (QED) is 0.306. The van der Waals surface area contributed by atoms with Crippen LogP contribution in [0.2, 0.25) is 0 Å². The van der Waals surface area contributed by atoms with Crippen LogP contribution in [0.1, 0.15) is 25.3 Å². The van der Waals surface area contributed by atoms with Crippen molar-refractivity contribution in [1.82, 2.24) is 10.2 Å². The fourth-order valence-electron chi connectivity index (χ4n) is 4.46. The third kappa shape index (κ3) is 7.39. The zero-order valence-corrected chi connectivity index (χ0v) is 24.0. The molecule has 0 aromatic heterocycles. The lowest BCUT2D eigenvalue weighted by atomic mass is 9.87. The van der Waals surface area contributed by atoms with Gasteiger partial charge in [-0.25, -0.2) is 0 Å². The third-order valence-electron chi connectivity index (χ3n) is 6.45. The summed E-state index contributed by atoms with van der Waals surface area (Å²) < 4.78 is 17.9. The molecule has 38 heavy (non-hydrogen) atoms. The van der Waals surface area contributed by atoms with E-state index in [0.717, 1.165) is 9.13 Å². The van der Waals surface area contributed by atoms with Crippen molar-refractivity contribution in [2.24, 2.45) is 0 Å². The van der Waals surface area contributed by atoms with E-state index in [1.165, 1.54) is 0 Å². The van der Waals surface area contributed by atoms with Crippen LogP contribution in [0.5, 0.6) is 17.2 Å². The molecule has 3 unspecified atom stereocenters. The number of carbonyl (C=O) groups is 2. The second-order valence-corrected chi connectivity index (χ2v) is 9.98. The van der Waals surface area contributed by atoms with Gasteiger partial charge in [0, 0.05) is 31.5 Å². The molecule has 10 heteroatoms. The largest absolute Gasteiger partial charge is 0.497 e. The van der Waals surface area contributed by atoms with E-state index in [9.17, 15) is 14.7 Å². The molecule has 0 saturated carbocycles. The number of methoxy groups -OCH3 is 2. The average Bonchev–Trinajstić information content (AvgIpc) is 2.94. The van der Waals surface area contributed by atoms with Crippen molar-refractivity contribution in [2.45, 2.75) is 44.4 Å². The lowest BCUT2D eigenvalue weighted by Crippen LogP contribution is -2.55. The number of para-hydroxylation sites is 1. The maximum atomic E-state index is 13.2. The van der Waals surface area contributed by atoms with E-state index < -0.39 is 18.2 Å². The molecule has 3 N–H and O–H groups in total. The van der Waals surface area contributed by atoms with Crippen molar-refractivity contribution >= 4 is 34.4 Å². The molecule has 2 amide bonds. The summed E-state index contributed by atoms with van der Waals surface area (Å²) in [6, 6.07) is 12.2. The number of aliphatic hydroxyl groups excluding tert-OH is 2. The van der Waals surface area contributed by atoms with Gasteiger partial charge in [0.15, 0.2) is 0 Å². The van der Waals surface area contributed by atoms with E-state index in [-0.39, 0.29) is 37.8 Å². The zero-order chi connectivity index (χ0) is 27.7. The van der Waals surface area contributed by atoms with E-state index in [2.05, 4.69) is 27.9 Å². The second-order valence-electron chi connectivity index (χ2n) is 8.81. The Labute approximate surface area is 236 Å². The Hall–Kier alpha value is -2.83. The fourth-order valence-corrected chi connectivity index (χ4v) is 4.98. The van der Waals surface area contributed by atoms with Crippen LogP contribution in [0, 0.1) is 3.57 Å². The first-order valence-corrected chi connectivity index (χ1v) is 13.6. The van der Waals surface area contributed by atoms with E-state index in [1.54, 1.807) is 44.3 Å². The molecule has 0 radical (unpaired) electrons. The molecular formula is C28H35IN2O7. The molecule has 3 atom stereocenters. The number of hydrogen-bond acceptors (Lipinski definition) is 7. The van der Waals surface area contributed by atoms with Crippen LogP contribution in [0.3, 0.4) is 0 Å². The molecular weight excluding hydrogens is 603 g/mol. The van der Waals surface area contributed by atoms with Gasteiger partial charge in [-0.05, 0) is 71.0 Å². The number of halogens is 1. The predicted octanol–water partition coefficient (Wildman–Crippen LogP) is 2.71. The minimum Gasteiger partial charge on any atom is -0.497 e. The molecule has 0 spiro atoms. The van der Waals surface area contributed by atoms with Crippen molar-refractivity contribution in [3.05, 3.63) is 63.2 Å². The van der Waals surface area contributed by atoms with Gasteiger partial charge in [-0.2, -0.15) is 0 Å². The van der Waals surface area contributed by atoms with Gasteiger partial charge in [0.05, 0.1) is 30.4 Å². The summed E-state index contributed by atoms with van der Waals surface area (Å²) in [5, 5.41) is 23.3. The summed E-state index contributed by atoms with van der Waals surface area (Å²) in [7, 11) is 3.17. The minimum absolute atomic E-state index is 0.0960. The summed E-state index contributed by atoms with van der Waals surface area (Å²) in [5.74, 6) is 1.39. The summed E-state index contributed by atoms with van der Waals surface area (Å²) in [4.78, 5) is 27.7. The molecule has 9 nitrogen and oxygen atoms in total. The number of amides is 2. The van der Waals surface area contributed by atoms with Gasteiger partial charge >= 0.3 is 0 Å². The monoisotopic (exact) mass is 638 g/mol. The molecule has 1 aliphatic carbocycles. The topological polar surface area (TPSA) is 118 Å². The number of carbonyl (C=O) groups excluding carboxylic acids is 2. The van der Waals surface area contributed by atoms with Crippen molar-refractivity contribution in [2.75, 3.05) is 33.9 Å². The second kappa shape index (κ2) is 14.4. The molecule has 3 rings (SSSR count). The van der Waals surface area contributed by atoms with Gasteiger partial charge in [0.1, 0.15) is 29.5 Å². The molecule has 0 heterocycles. The van der Waals surface area contributed by atoms with Gasteiger partial charge in [-0.3, -0.25) is 9.59 Å². The Kier molecular flexibility index (Phi) is 11.2. The number of nitrogens with zero attached hydrogens (tertiary/aromatic N) is 1. The summed E-state index contributed by atoms with van der Waals surface area (Å²) in [6.45, 7) is 1.95. The summed E-state index contributed by atoms with van der Waals surface area (Å²) in [6.07, 6.45) is 0.492. The Bertz CT molecular complexity index is 1140. The van der Waals surface area contributed by atoms with E-state index >= 15 is 0 Å². The van der Waals surface area contributed by atoms with Gasteiger partial charge < -0.3 is 34.6 Å². The zero-order valence-electron chi connectivity index (χ0n) is 21.9. The van der Waals surface area contributed by atoms with Crippen molar-refractivity contribution in [3.63, 3.8) is 0 Å². The molecule has 0 bridgehead atoms. The summed E-state index contributed by atoms with van der Waals surface area (Å²) >= 11 is 2.15. The maximum Gasteiger partial charge on any atom is 0.247 e. The highest BCUT2D eigenvalue weighted by Crippen LogP contribution is 2.31. The lowest BCUT2D eigenvalue weighted by Gasteiger charge is -2.40. The van der Waals surface area contributed by atoms with Crippen LogP contribution in [0.15, 0.2) is 54.1 Å². The molecule has 0 fully saturated rings. The highest BCUT2D eigenvalue weighted by atomic mass is 127. The van der Waals surface area contributed by atoms with Gasteiger partial charge in [0.2, 0.25) is 11.8 Å². The van der Waals surface area contributed by atoms with Gasteiger partial charge in [-0.15, -0.1) is 0 Å². The number of rotatable bonds is 12. The first-order chi connectivity index (χ1) is 18.3. The molecule has 2 aromatic rings. The predicted molar refractivity (Wildman–Crippen MR) is 151 cm³/mol. The number of benzene rings is 2. The molecule has 206 valence electrons. The lowest BCUT2D eigenvalue weighted by molar-refractivity contribution is -0.138. The van der Waals surface area contributed by atoms with E-state index in [4.69, 9.17) is 19.3 Å².